The molecule has 1 aromatic rings. The molecule has 2 heterocycles. The van der Waals surface area contributed by atoms with Crippen LogP contribution in [0.2, 0.25) is 0 Å². The number of aromatic nitrogens is 2. The van der Waals surface area contributed by atoms with E-state index in [1.807, 2.05) is 6.07 Å². The lowest BCUT2D eigenvalue weighted by Crippen LogP contribution is -2.26. The molecule has 1 aromatic heterocycles. The lowest BCUT2D eigenvalue weighted by molar-refractivity contribution is 0.178. The number of anilines is 2. The van der Waals surface area contributed by atoms with Crippen molar-refractivity contribution in [2.24, 2.45) is 5.92 Å². The minimum Gasteiger partial charge on any atom is -0.384 e. The van der Waals surface area contributed by atoms with E-state index >= 15 is 0 Å². The first-order valence-electron chi connectivity index (χ1n) is 7.60. The van der Waals surface area contributed by atoms with Crippen LogP contribution in [0.3, 0.4) is 0 Å². The van der Waals surface area contributed by atoms with Gasteiger partial charge in [0.1, 0.15) is 18.2 Å². The van der Waals surface area contributed by atoms with E-state index in [1.165, 1.54) is 32.1 Å². The second-order valence-electron chi connectivity index (χ2n) is 5.57. The molecule has 1 unspecified atom stereocenters. The van der Waals surface area contributed by atoms with Crippen molar-refractivity contribution in [1.82, 2.24) is 9.97 Å². The van der Waals surface area contributed by atoms with Gasteiger partial charge in [-0.15, -0.1) is 0 Å². The first-order chi connectivity index (χ1) is 9.72. The van der Waals surface area contributed by atoms with Gasteiger partial charge < -0.3 is 15.4 Å². The predicted molar refractivity (Wildman–Crippen MR) is 81.6 cm³/mol. The van der Waals surface area contributed by atoms with Crippen molar-refractivity contribution in [2.75, 3.05) is 30.8 Å². The van der Waals surface area contributed by atoms with Gasteiger partial charge in [-0.2, -0.15) is 0 Å². The van der Waals surface area contributed by atoms with Crippen LogP contribution in [0.15, 0.2) is 6.07 Å². The van der Waals surface area contributed by atoms with Crippen LogP contribution in [0.4, 0.5) is 11.6 Å². The largest absolute Gasteiger partial charge is 0.384 e. The average molecular weight is 278 g/mol. The van der Waals surface area contributed by atoms with Gasteiger partial charge in [-0.1, -0.05) is 19.8 Å². The van der Waals surface area contributed by atoms with Gasteiger partial charge in [0.15, 0.2) is 5.82 Å². The molecule has 5 heteroatoms. The fourth-order valence-corrected chi connectivity index (χ4v) is 2.95. The first-order valence-corrected chi connectivity index (χ1v) is 7.60. The van der Waals surface area contributed by atoms with E-state index < -0.39 is 0 Å². The van der Waals surface area contributed by atoms with Crippen molar-refractivity contribution in [2.45, 2.75) is 45.6 Å². The third-order valence-electron chi connectivity index (χ3n) is 3.92. The molecule has 20 heavy (non-hydrogen) atoms. The molecule has 5 nitrogen and oxygen atoms in total. The number of nitrogens with two attached hydrogens (primary N) is 1. The summed E-state index contributed by atoms with van der Waals surface area (Å²) in [7, 11) is 1.65. The van der Waals surface area contributed by atoms with Crippen molar-refractivity contribution in [3.8, 4) is 0 Å². The van der Waals surface area contributed by atoms with Crippen molar-refractivity contribution in [3.05, 3.63) is 11.9 Å². The van der Waals surface area contributed by atoms with Crippen LogP contribution >= 0.6 is 0 Å². The van der Waals surface area contributed by atoms with Gasteiger partial charge in [0, 0.05) is 26.3 Å². The van der Waals surface area contributed by atoms with E-state index in [2.05, 4.69) is 21.8 Å². The molecule has 0 saturated carbocycles. The van der Waals surface area contributed by atoms with Crippen molar-refractivity contribution in [1.29, 1.82) is 0 Å². The predicted octanol–water partition coefficient (Wildman–Crippen LogP) is 2.61. The number of rotatable bonds is 5. The topological polar surface area (TPSA) is 64.3 Å². The Hall–Kier alpha value is -1.36. The Kier molecular flexibility index (Phi) is 5.59. The SMILES string of the molecule is CCCC1CCCN(c2cc(N)nc(COC)n2)CC1. The Morgan fingerprint density at radius 2 is 2.20 bits per heavy atom. The van der Waals surface area contributed by atoms with Crippen LogP contribution in [-0.4, -0.2) is 30.2 Å². The van der Waals surface area contributed by atoms with Crippen LogP contribution in [0.1, 0.15) is 44.9 Å². The van der Waals surface area contributed by atoms with Crippen LogP contribution in [0.5, 0.6) is 0 Å². The second-order valence-corrected chi connectivity index (χ2v) is 5.57. The Morgan fingerprint density at radius 3 is 2.95 bits per heavy atom. The number of hydrogen-bond donors (Lipinski definition) is 1. The fraction of sp³-hybridized carbons (Fsp3) is 0.733. The minimum atomic E-state index is 0.407. The molecule has 1 atom stereocenters. The number of nitrogen functional groups attached to an aromatic ring is 1. The van der Waals surface area contributed by atoms with Crippen molar-refractivity contribution < 1.29 is 4.74 Å². The standard InChI is InChI=1S/C15H26N4O/c1-3-5-12-6-4-8-19(9-7-12)15-10-13(16)17-14(18-15)11-20-2/h10,12H,3-9,11H2,1-2H3,(H2,16,17,18). The summed E-state index contributed by atoms with van der Waals surface area (Å²) in [5, 5.41) is 0. The molecule has 0 radical (unpaired) electrons. The van der Waals surface area contributed by atoms with E-state index in [4.69, 9.17) is 10.5 Å². The first kappa shape index (κ1) is 15.0. The Labute approximate surface area is 121 Å². The summed E-state index contributed by atoms with van der Waals surface area (Å²) >= 11 is 0. The zero-order valence-electron chi connectivity index (χ0n) is 12.6. The summed E-state index contributed by atoms with van der Waals surface area (Å²) in [5.41, 5.74) is 5.88. The molecule has 0 spiro atoms. The van der Waals surface area contributed by atoms with E-state index in [-0.39, 0.29) is 0 Å². The third kappa shape index (κ3) is 4.07. The quantitative estimate of drug-likeness (QED) is 0.897. The number of methoxy groups -OCH3 is 1. The molecule has 0 aliphatic carbocycles. The second kappa shape index (κ2) is 7.43. The molecule has 1 aliphatic heterocycles. The molecule has 2 rings (SSSR count). The van der Waals surface area contributed by atoms with E-state index in [0.29, 0.717) is 18.2 Å². The molecule has 0 amide bonds. The molecule has 112 valence electrons. The van der Waals surface area contributed by atoms with Gasteiger partial charge >= 0.3 is 0 Å². The maximum atomic E-state index is 5.88. The van der Waals surface area contributed by atoms with Gasteiger partial charge in [-0.3, -0.25) is 0 Å². The van der Waals surface area contributed by atoms with Gasteiger partial charge in [0.25, 0.3) is 0 Å². The highest BCUT2D eigenvalue weighted by Crippen LogP contribution is 2.25. The highest BCUT2D eigenvalue weighted by molar-refractivity contribution is 5.47. The average Bonchev–Trinajstić information content (AvgIpc) is 2.65. The zero-order chi connectivity index (χ0) is 14.4. The van der Waals surface area contributed by atoms with Gasteiger partial charge in [-0.05, 0) is 25.2 Å². The van der Waals surface area contributed by atoms with E-state index in [9.17, 15) is 0 Å². The fourth-order valence-electron chi connectivity index (χ4n) is 2.95. The van der Waals surface area contributed by atoms with Gasteiger partial charge in [0.05, 0.1) is 0 Å². The van der Waals surface area contributed by atoms with Crippen LogP contribution in [-0.2, 0) is 11.3 Å². The zero-order valence-corrected chi connectivity index (χ0v) is 12.6. The number of ether oxygens (including phenoxy) is 1. The lowest BCUT2D eigenvalue weighted by atomic mass is 9.96. The van der Waals surface area contributed by atoms with Crippen LogP contribution in [0, 0.1) is 5.92 Å². The summed E-state index contributed by atoms with van der Waals surface area (Å²) in [6.07, 6.45) is 6.43. The molecular weight excluding hydrogens is 252 g/mol. The number of hydrogen-bond acceptors (Lipinski definition) is 5. The van der Waals surface area contributed by atoms with Gasteiger partial charge in [-0.25, -0.2) is 9.97 Å². The Bertz CT molecular complexity index is 424. The van der Waals surface area contributed by atoms with Crippen LogP contribution in [0.25, 0.3) is 0 Å². The summed E-state index contributed by atoms with van der Waals surface area (Å²) in [6.45, 7) is 4.80. The van der Waals surface area contributed by atoms with Gasteiger partial charge in [0.2, 0.25) is 0 Å². The minimum absolute atomic E-state index is 0.407. The molecule has 0 aromatic carbocycles. The lowest BCUT2D eigenvalue weighted by Gasteiger charge is -2.22. The smallest absolute Gasteiger partial charge is 0.158 e. The molecule has 1 fully saturated rings. The summed E-state index contributed by atoms with van der Waals surface area (Å²) in [6, 6.07) is 1.87. The maximum absolute atomic E-state index is 5.88. The van der Waals surface area contributed by atoms with E-state index in [1.54, 1.807) is 7.11 Å². The highest BCUT2D eigenvalue weighted by Gasteiger charge is 2.18. The molecule has 1 aliphatic rings. The maximum Gasteiger partial charge on any atom is 0.158 e. The molecule has 0 bridgehead atoms. The van der Waals surface area contributed by atoms with Crippen molar-refractivity contribution >= 4 is 11.6 Å². The monoisotopic (exact) mass is 278 g/mol. The van der Waals surface area contributed by atoms with Crippen molar-refractivity contribution in [3.63, 3.8) is 0 Å². The van der Waals surface area contributed by atoms with Crippen LogP contribution < -0.4 is 10.6 Å². The highest BCUT2D eigenvalue weighted by atomic mass is 16.5. The Morgan fingerprint density at radius 1 is 1.35 bits per heavy atom. The Balaban J connectivity index is 2.07. The normalized spacial score (nSPS) is 19.9. The summed E-state index contributed by atoms with van der Waals surface area (Å²) in [4.78, 5) is 11.1. The summed E-state index contributed by atoms with van der Waals surface area (Å²) < 4.78 is 5.10. The summed E-state index contributed by atoms with van der Waals surface area (Å²) in [5.74, 6) is 3.00. The van der Waals surface area contributed by atoms with E-state index in [0.717, 1.165) is 24.8 Å². The molecule has 1 saturated heterocycles. The molecule has 2 N–H and O–H groups in total. The molecular formula is C15H26N4O. The number of nitrogens with zero attached hydrogens (tertiary/aromatic N) is 3. The third-order valence-corrected chi connectivity index (χ3v) is 3.92.